The summed E-state index contributed by atoms with van der Waals surface area (Å²) in [6, 6.07) is 5.52. The molecule has 0 radical (unpaired) electrons. The number of hydrogen-bond acceptors (Lipinski definition) is 6. The normalized spacial score (nSPS) is 18.0. The van der Waals surface area contributed by atoms with E-state index in [0.717, 1.165) is 24.6 Å². The van der Waals surface area contributed by atoms with Crippen molar-refractivity contribution in [1.29, 1.82) is 0 Å². The summed E-state index contributed by atoms with van der Waals surface area (Å²) in [4.78, 5) is 26.3. The summed E-state index contributed by atoms with van der Waals surface area (Å²) in [6.45, 7) is 2.22. The number of likely N-dealkylation sites (N-methyl/N-ethyl adjacent to an activating group) is 1. The van der Waals surface area contributed by atoms with Crippen LogP contribution in [-0.4, -0.2) is 60.1 Å². The van der Waals surface area contributed by atoms with Gasteiger partial charge in [0.05, 0.1) is 5.52 Å². The van der Waals surface area contributed by atoms with E-state index in [9.17, 15) is 9.59 Å². The number of carbonyl (C=O) groups is 1. The van der Waals surface area contributed by atoms with E-state index in [4.69, 9.17) is 4.42 Å². The fraction of sp³-hybridized carbons (Fsp3) is 0.529. The van der Waals surface area contributed by atoms with Crippen molar-refractivity contribution in [2.45, 2.75) is 19.0 Å². The summed E-state index contributed by atoms with van der Waals surface area (Å²) >= 11 is 1.87. The summed E-state index contributed by atoms with van der Waals surface area (Å²) in [5.74, 6) is 1.66. The third kappa shape index (κ3) is 4.65. The van der Waals surface area contributed by atoms with E-state index in [0.29, 0.717) is 29.8 Å². The minimum atomic E-state index is -0.372. The zero-order valence-corrected chi connectivity index (χ0v) is 15.4. The number of nitrogens with one attached hydrogen (secondary N) is 2. The molecule has 1 unspecified atom stereocenters. The Morgan fingerprint density at radius 1 is 1.48 bits per heavy atom. The van der Waals surface area contributed by atoms with Crippen molar-refractivity contribution in [3.05, 3.63) is 28.7 Å². The lowest BCUT2D eigenvalue weighted by molar-refractivity contribution is -0.116. The predicted octanol–water partition coefficient (Wildman–Crippen LogP) is 1.19. The van der Waals surface area contributed by atoms with Gasteiger partial charge in [-0.05, 0) is 32.3 Å². The number of carbonyl (C=O) groups excluding carboxylic acids is 1. The molecule has 2 heterocycles. The second-order valence-corrected chi connectivity index (χ2v) is 7.63. The Balaban J connectivity index is 1.72. The zero-order chi connectivity index (χ0) is 17.8. The van der Waals surface area contributed by atoms with E-state index in [1.54, 1.807) is 22.8 Å². The molecule has 2 N–H and O–H groups in total. The highest BCUT2D eigenvalue weighted by atomic mass is 32.2. The number of rotatable bonds is 6. The number of anilines is 1. The van der Waals surface area contributed by atoms with Gasteiger partial charge in [0.25, 0.3) is 0 Å². The molecule has 1 aliphatic rings. The Hall–Kier alpha value is -1.77. The van der Waals surface area contributed by atoms with Crippen LogP contribution in [0.1, 0.15) is 6.42 Å². The van der Waals surface area contributed by atoms with Crippen molar-refractivity contribution in [2.24, 2.45) is 0 Å². The molecule has 1 amide bonds. The minimum Gasteiger partial charge on any atom is -0.408 e. The maximum atomic E-state index is 12.3. The van der Waals surface area contributed by atoms with Gasteiger partial charge in [0.2, 0.25) is 5.91 Å². The van der Waals surface area contributed by atoms with Crippen molar-refractivity contribution in [3.63, 3.8) is 0 Å². The first-order valence-corrected chi connectivity index (χ1v) is 9.57. The Labute approximate surface area is 150 Å². The van der Waals surface area contributed by atoms with Crippen LogP contribution < -0.4 is 16.4 Å². The van der Waals surface area contributed by atoms with Crippen LogP contribution in [0.2, 0.25) is 0 Å². The molecule has 0 saturated carbocycles. The van der Waals surface area contributed by atoms with Gasteiger partial charge in [0.1, 0.15) is 0 Å². The first kappa shape index (κ1) is 18.0. The fourth-order valence-electron chi connectivity index (χ4n) is 2.84. The molecule has 3 rings (SSSR count). The summed E-state index contributed by atoms with van der Waals surface area (Å²) in [5, 5.41) is 6.29. The van der Waals surface area contributed by atoms with Crippen molar-refractivity contribution in [2.75, 3.05) is 44.0 Å². The molecule has 1 atom stereocenters. The molecule has 0 aliphatic carbocycles. The molecule has 1 fully saturated rings. The standard InChI is InChI=1S/C17H24N4O3S/c1-20(2)6-7-21-14-9-12(3-4-15(14)24-17(21)23)19-16(22)10-13-11-25-8-5-18-13/h3-4,9,13,18H,5-8,10-11H2,1-2H3,(H,19,22). The third-order valence-corrected chi connectivity index (χ3v) is 5.28. The lowest BCUT2D eigenvalue weighted by Crippen LogP contribution is -2.39. The molecule has 1 aliphatic heterocycles. The van der Waals surface area contributed by atoms with Crippen LogP contribution in [0.15, 0.2) is 27.4 Å². The molecule has 25 heavy (non-hydrogen) atoms. The van der Waals surface area contributed by atoms with E-state index in [1.165, 1.54) is 0 Å². The van der Waals surface area contributed by atoms with Crippen molar-refractivity contribution in [3.8, 4) is 0 Å². The average Bonchev–Trinajstić information content (AvgIpc) is 2.88. The molecule has 8 heteroatoms. The second kappa shape index (κ2) is 8.07. The van der Waals surface area contributed by atoms with E-state index in [2.05, 4.69) is 10.6 Å². The molecule has 1 saturated heterocycles. The van der Waals surface area contributed by atoms with Gasteiger partial charge in [0.15, 0.2) is 5.58 Å². The van der Waals surface area contributed by atoms with Crippen LogP contribution >= 0.6 is 11.8 Å². The average molecular weight is 364 g/mol. The Morgan fingerprint density at radius 3 is 3.04 bits per heavy atom. The smallest absolute Gasteiger partial charge is 0.408 e. The summed E-state index contributed by atoms with van der Waals surface area (Å²) in [5.41, 5.74) is 1.92. The van der Waals surface area contributed by atoms with Crippen LogP contribution in [0.5, 0.6) is 0 Å². The van der Waals surface area contributed by atoms with Gasteiger partial charge in [-0.25, -0.2) is 4.79 Å². The van der Waals surface area contributed by atoms with Crippen molar-refractivity contribution < 1.29 is 9.21 Å². The van der Waals surface area contributed by atoms with Gasteiger partial charge < -0.3 is 20.0 Å². The highest BCUT2D eigenvalue weighted by Gasteiger charge is 2.17. The number of nitrogens with zero attached hydrogens (tertiary/aromatic N) is 2. The quantitative estimate of drug-likeness (QED) is 0.802. The number of fused-ring (bicyclic) bond motifs is 1. The van der Waals surface area contributed by atoms with Gasteiger partial charge in [-0.15, -0.1) is 0 Å². The van der Waals surface area contributed by atoms with Crippen LogP contribution in [0.4, 0.5) is 5.69 Å². The monoisotopic (exact) mass is 364 g/mol. The minimum absolute atomic E-state index is 0.0231. The molecule has 0 bridgehead atoms. The van der Waals surface area contributed by atoms with Crippen LogP contribution in [-0.2, 0) is 11.3 Å². The highest BCUT2D eigenvalue weighted by Crippen LogP contribution is 2.19. The topological polar surface area (TPSA) is 79.5 Å². The Bertz CT molecular complexity index is 793. The van der Waals surface area contributed by atoms with E-state index >= 15 is 0 Å². The molecular formula is C17H24N4O3S. The fourth-order valence-corrected chi connectivity index (χ4v) is 3.79. The molecule has 0 spiro atoms. The number of hydrogen-bond donors (Lipinski definition) is 2. The van der Waals surface area contributed by atoms with Crippen LogP contribution in [0, 0.1) is 0 Å². The molecule has 136 valence electrons. The highest BCUT2D eigenvalue weighted by molar-refractivity contribution is 7.99. The van der Waals surface area contributed by atoms with Crippen molar-refractivity contribution >= 4 is 34.5 Å². The van der Waals surface area contributed by atoms with Gasteiger partial charge in [-0.2, -0.15) is 11.8 Å². The van der Waals surface area contributed by atoms with E-state index in [-0.39, 0.29) is 17.7 Å². The Kier molecular flexibility index (Phi) is 5.82. The summed E-state index contributed by atoms with van der Waals surface area (Å²) in [7, 11) is 3.91. The first-order chi connectivity index (χ1) is 12.0. The van der Waals surface area contributed by atoms with Gasteiger partial charge in [-0.1, -0.05) is 0 Å². The third-order valence-electron chi connectivity index (χ3n) is 4.15. The lowest BCUT2D eigenvalue weighted by Gasteiger charge is -2.22. The molecular weight excluding hydrogens is 340 g/mol. The van der Waals surface area contributed by atoms with E-state index in [1.807, 2.05) is 30.8 Å². The number of benzene rings is 1. The number of aromatic nitrogens is 1. The number of oxazole rings is 1. The summed E-state index contributed by atoms with van der Waals surface area (Å²) in [6.07, 6.45) is 0.448. The van der Waals surface area contributed by atoms with E-state index < -0.39 is 0 Å². The molecule has 1 aromatic carbocycles. The van der Waals surface area contributed by atoms with Gasteiger partial charge in [-0.3, -0.25) is 9.36 Å². The Morgan fingerprint density at radius 2 is 2.32 bits per heavy atom. The zero-order valence-electron chi connectivity index (χ0n) is 14.6. The van der Waals surface area contributed by atoms with Crippen LogP contribution in [0.25, 0.3) is 11.1 Å². The molecule has 1 aromatic heterocycles. The van der Waals surface area contributed by atoms with Gasteiger partial charge in [0, 0.05) is 49.3 Å². The molecule has 2 aromatic rings. The predicted molar refractivity (Wildman–Crippen MR) is 101 cm³/mol. The maximum Gasteiger partial charge on any atom is 0.419 e. The second-order valence-electron chi connectivity index (χ2n) is 6.48. The largest absolute Gasteiger partial charge is 0.419 e. The first-order valence-electron chi connectivity index (χ1n) is 8.42. The van der Waals surface area contributed by atoms with Crippen LogP contribution in [0.3, 0.4) is 0 Å². The SMILES string of the molecule is CN(C)CCn1c(=O)oc2ccc(NC(=O)CC3CSCCN3)cc21. The number of thioether (sulfide) groups is 1. The molecule has 7 nitrogen and oxygen atoms in total. The maximum absolute atomic E-state index is 12.3. The number of amides is 1. The summed E-state index contributed by atoms with van der Waals surface area (Å²) < 4.78 is 6.88. The van der Waals surface area contributed by atoms with Crippen molar-refractivity contribution in [1.82, 2.24) is 14.8 Å². The lowest BCUT2D eigenvalue weighted by atomic mass is 10.2. The van der Waals surface area contributed by atoms with Gasteiger partial charge >= 0.3 is 5.76 Å².